The lowest BCUT2D eigenvalue weighted by Crippen LogP contribution is -2.44. The molecule has 2 rings (SSSR count). The summed E-state index contributed by atoms with van der Waals surface area (Å²) in [6.45, 7) is 1.69. The van der Waals surface area contributed by atoms with E-state index >= 15 is 0 Å². The minimum Gasteiger partial charge on any atom is -0.300 e. The van der Waals surface area contributed by atoms with Crippen LogP contribution in [0.5, 0.6) is 0 Å². The van der Waals surface area contributed by atoms with Crippen LogP contribution in [0.2, 0.25) is 0 Å². The minimum absolute atomic E-state index is 0.0757. The van der Waals surface area contributed by atoms with Crippen LogP contribution in [0.1, 0.15) is 36.6 Å². The van der Waals surface area contributed by atoms with Gasteiger partial charge in [-0.05, 0) is 38.4 Å². The Labute approximate surface area is 132 Å². The molecule has 7 heteroatoms. The molecule has 0 aromatic carbocycles. The van der Waals surface area contributed by atoms with Crippen molar-refractivity contribution in [2.24, 2.45) is 0 Å². The van der Waals surface area contributed by atoms with Crippen LogP contribution in [0, 0.1) is 0 Å². The second kappa shape index (κ2) is 7.69. The third-order valence-electron chi connectivity index (χ3n) is 3.86. The Bertz CT molecular complexity index is 506. The lowest BCUT2D eigenvalue weighted by molar-refractivity contribution is 0.300. The van der Waals surface area contributed by atoms with Crippen LogP contribution in [-0.2, 0) is 10.2 Å². The van der Waals surface area contributed by atoms with E-state index < -0.39 is 10.2 Å². The molecule has 1 aliphatic heterocycles. The lowest BCUT2D eigenvalue weighted by atomic mass is 10.2. The molecule has 5 nitrogen and oxygen atoms in total. The van der Waals surface area contributed by atoms with Crippen molar-refractivity contribution in [1.82, 2.24) is 13.9 Å². The van der Waals surface area contributed by atoms with Crippen LogP contribution in [0.15, 0.2) is 17.5 Å². The third kappa shape index (κ3) is 4.75. The summed E-state index contributed by atoms with van der Waals surface area (Å²) in [5.74, 6) is 0. The Balaban J connectivity index is 1.99. The number of thiophene rings is 1. The predicted octanol–water partition coefficient (Wildman–Crippen LogP) is 2.06. The molecule has 0 aliphatic carbocycles. The van der Waals surface area contributed by atoms with Gasteiger partial charge in [0.25, 0.3) is 10.2 Å². The number of nitrogens with one attached hydrogen (secondary N) is 1. The summed E-state index contributed by atoms with van der Waals surface area (Å²) in [5, 5.41) is 2.02. The Kier molecular flexibility index (Phi) is 6.19. The van der Waals surface area contributed by atoms with Crippen molar-refractivity contribution in [2.45, 2.75) is 31.7 Å². The topological polar surface area (TPSA) is 52.7 Å². The van der Waals surface area contributed by atoms with E-state index in [0.29, 0.717) is 19.6 Å². The number of likely N-dealkylation sites (N-methyl/N-ethyl adjacent to an activating group) is 1. The molecule has 1 atom stereocenters. The monoisotopic (exact) mass is 331 g/mol. The molecule has 0 spiro atoms. The average Bonchev–Trinajstić information content (AvgIpc) is 2.79. The highest BCUT2D eigenvalue weighted by Gasteiger charge is 2.25. The van der Waals surface area contributed by atoms with Gasteiger partial charge in [0.05, 0.1) is 6.04 Å². The Hall–Kier alpha value is -0.470. The van der Waals surface area contributed by atoms with E-state index in [0.717, 1.165) is 25.7 Å². The van der Waals surface area contributed by atoms with Crippen molar-refractivity contribution in [3.8, 4) is 0 Å². The summed E-state index contributed by atoms with van der Waals surface area (Å²) in [7, 11) is 0.589. The molecular formula is C14H25N3O2S2. The second-order valence-electron chi connectivity index (χ2n) is 5.66. The molecule has 120 valence electrons. The summed E-state index contributed by atoms with van der Waals surface area (Å²) in [4.78, 5) is 3.23. The first kappa shape index (κ1) is 16.9. The molecule has 1 aliphatic rings. The van der Waals surface area contributed by atoms with Crippen LogP contribution in [0.4, 0.5) is 0 Å². The largest absolute Gasteiger partial charge is 0.300 e. The Morgan fingerprint density at radius 3 is 2.48 bits per heavy atom. The minimum atomic E-state index is -3.37. The van der Waals surface area contributed by atoms with Gasteiger partial charge in [-0.15, -0.1) is 11.3 Å². The molecule has 1 aromatic heterocycles. The quantitative estimate of drug-likeness (QED) is 0.868. The fraction of sp³-hybridized carbons (Fsp3) is 0.714. The van der Waals surface area contributed by atoms with Crippen molar-refractivity contribution in [2.75, 3.05) is 33.7 Å². The third-order valence-corrected chi connectivity index (χ3v) is 6.41. The van der Waals surface area contributed by atoms with Gasteiger partial charge in [-0.1, -0.05) is 18.9 Å². The molecule has 0 amide bonds. The van der Waals surface area contributed by atoms with E-state index in [2.05, 4.69) is 15.7 Å². The number of rotatable bonds is 6. The number of nitrogens with zero attached hydrogens (tertiary/aromatic N) is 2. The molecule has 2 heterocycles. The van der Waals surface area contributed by atoms with Crippen LogP contribution >= 0.6 is 11.3 Å². The zero-order valence-corrected chi connectivity index (χ0v) is 14.4. The summed E-state index contributed by atoms with van der Waals surface area (Å²) >= 11 is 1.66. The van der Waals surface area contributed by atoms with E-state index in [9.17, 15) is 8.42 Å². The van der Waals surface area contributed by atoms with Gasteiger partial charge in [-0.3, -0.25) is 0 Å². The van der Waals surface area contributed by atoms with E-state index in [1.807, 2.05) is 25.5 Å². The first-order valence-corrected chi connectivity index (χ1v) is 9.77. The first-order valence-electron chi connectivity index (χ1n) is 7.45. The molecule has 0 unspecified atom stereocenters. The van der Waals surface area contributed by atoms with E-state index in [1.165, 1.54) is 4.88 Å². The fourth-order valence-electron chi connectivity index (χ4n) is 2.58. The molecule has 0 bridgehead atoms. The highest BCUT2D eigenvalue weighted by Crippen LogP contribution is 2.23. The van der Waals surface area contributed by atoms with E-state index in [1.54, 1.807) is 15.6 Å². The van der Waals surface area contributed by atoms with Crippen molar-refractivity contribution < 1.29 is 8.42 Å². The van der Waals surface area contributed by atoms with Gasteiger partial charge in [0.1, 0.15) is 0 Å². The summed E-state index contributed by atoms with van der Waals surface area (Å²) in [6.07, 6.45) is 4.18. The lowest BCUT2D eigenvalue weighted by Gasteiger charge is -2.26. The maximum Gasteiger partial charge on any atom is 0.279 e. The standard InChI is InChI=1S/C14H25N3O2S2/c1-16(2)13(14-8-7-11-20-14)12-15-21(18,19)17-9-5-3-4-6-10-17/h7-8,11,13,15H,3-6,9-10,12H2,1-2H3/t13-/m1/s1. The highest BCUT2D eigenvalue weighted by molar-refractivity contribution is 7.87. The maximum absolute atomic E-state index is 12.4. The molecule has 0 radical (unpaired) electrons. The Morgan fingerprint density at radius 1 is 1.29 bits per heavy atom. The van der Waals surface area contributed by atoms with Gasteiger partial charge in [0.2, 0.25) is 0 Å². The van der Waals surface area contributed by atoms with Gasteiger partial charge < -0.3 is 4.90 Å². The van der Waals surface area contributed by atoms with Crippen LogP contribution in [0.25, 0.3) is 0 Å². The van der Waals surface area contributed by atoms with Gasteiger partial charge >= 0.3 is 0 Å². The van der Waals surface area contributed by atoms with Crippen LogP contribution in [0.3, 0.4) is 0 Å². The normalized spacial score (nSPS) is 19.6. The molecule has 1 N–H and O–H groups in total. The molecule has 1 saturated heterocycles. The second-order valence-corrected chi connectivity index (χ2v) is 8.40. The van der Waals surface area contributed by atoms with Crippen molar-refractivity contribution in [3.05, 3.63) is 22.4 Å². The summed E-state index contributed by atoms with van der Waals surface area (Å²) < 4.78 is 29.3. The first-order chi connectivity index (χ1) is 10.0. The van der Waals surface area contributed by atoms with Gasteiger partial charge in [-0.2, -0.15) is 12.7 Å². The van der Waals surface area contributed by atoms with Crippen molar-refractivity contribution in [3.63, 3.8) is 0 Å². The van der Waals surface area contributed by atoms with Crippen LogP contribution in [-0.4, -0.2) is 51.4 Å². The van der Waals surface area contributed by atoms with E-state index in [4.69, 9.17) is 0 Å². The summed E-state index contributed by atoms with van der Waals surface area (Å²) in [6, 6.07) is 4.13. The Morgan fingerprint density at radius 2 is 1.95 bits per heavy atom. The zero-order valence-electron chi connectivity index (χ0n) is 12.8. The maximum atomic E-state index is 12.4. The molecular weight excluding hydrogens is 306 g/mol. The van der Waals surface area contributed by atoms with Gasteiger partial charge in [0, 0.05) is 24.5 Å². The highest BCUT2D eigenvalue weighted by atomic mass is 32.2. The molecule has 1 fully saturated rings. The van der Waals surface area contributed by atoms with Gasteiger partial charge in [-0.25, -0.2) is 4.72 Å². The molecule has 0 saturated carbocycles. The molecule has 21 heavy (non-hydrogen) atoms. The summed E-state index contributed by atoms with van der Waals surface area (Å²) in [5.41, 5.74) is 0. The number of hydrogen-bond donors (Lipinski definition) is 1. The van der Waals surface area contributed by atoms with Crippen molar-refractivity contribution >= 4 is 21.5 Å². The fourth-order valence-corrected chi connectivity index (χ4v) is 4.79. The van der Waals surface area contributed by atoms with Gasteiger partial charge in [0.15, 0.2) is 0 Å². The SMILES string of the molecule is CN(C)[C@H](CNS(=O)(=O)N1CCCCCC1)c1cccs1. The zero-order chi connectivity index (χ0) is 15.3. The van der Waals surface area contributed by atoms with Crippen LogP contribution < -0.4 is 4.72 Å². The van der Waals surface area contributed by atoms with E-state index in [-0.39, 0.29) is 6.04 Å². The smallest absolute Gasteiger partial charge is 0.279 e. The number of hydrogen-bond acceptors (Lipinski definition) is 4. The van der Waals surface area contributed by atoms with Crippen molar-refractivity contribution in [1.29, 1.82) is 0 Å². The average molecular weight is 332 g/mol. The molecule has 1 aromatic rings. The predicted molar refractivity (Wildman–Crippen MR) is 87.7 cm³/mol.